The van der Waals surface area contributed by atoms with Gasteiger partial charge >= 0.3 is 5.97 Å². The third-order valence-corrected chi connectivity index (χ3v) is 1.57. The van der Waals surface area contributed by atoms with Crippen LogP contribution in [-0.4, -0.2) is 41.5 Å². The molecule has 14 heavy (non-hydrogen) atoms. The highest BCUT2D eigenvalue weighted by Gasteiger charge is 2.11. The summed E-state index contributed by atoms with van der Waals surface area (Å²) in [5.74, 6) is -0.622. The van der Waals surface area contributed by atoms with Crippen molar-refractivity contribution in [1.29, 1.82) is 0 Å². The smallest absolute Gasteiger partial charge is 0.325 e. The number of aliphatic carboxylic acids is 1. The number of carbonyl (C=O) groups is 1. The maximum absolute atomic E-state index is 10.4. The van der Waals surface area contributed by atoms with Gasteiger partial charge in [0, 0.05) is 6.20 Å². The zero-order valence-corrected chi connectivity index (χ0v) is 6.95. The van der Waals surface area contributed by atoms with E-state index in [1.807, 2.05) is 0 Å². The first-order valence-corrected chi connectivity index (χ1v) is 3.74. The molecule has 8 heteroatoms. The number of aromatic nitrogens is 6. The number of carboxylic acids is 1. The van der Waals surface area contributed by atoms with Gasteiger partial charge in [-0.05, 0) is 10.4 Å². The monoisotopic (exact) mass is 194 g/mol. The van der Waals surface area contributed by atoms with E-state index in [1.165, 1.54) is 10.9 Å². The lowest BCUT2D eigenvalue weighted by atomic mass is 10.3. The minimum atomic E-state index is -0.998. The Bertz CT molecular complexity index is 433. The number of hydrogen-bond acceptors (Lipinski definition) is 5. The van der Waals surface area contributed by atoms with Crippen molar-refractivity contribution in [3.05, 3.63) is 12.4 Å². The van der Waals surface area contributed by atoms with Crippen molar-refractivity contribution in [2.75, 3.05) is 0 Å². The van der Waals surface area contributed by atoms with Gasteiger partial charge in [0.1, 0.15) is 6.54 Å². The summed E-state index contributed by atoms with van der Waals surface area (Å²) in [4.78, 5) is 10.4. The normalized spacial score (nSPS) is 10.3. The van der Waals surface area contributed by atoms with Gasteiger partial charge in [0.25, 0.3) is 0 Å². The third-order valence-electron chi connectivity index (χ3n) is 1.57. The number of hydrogen-bond donors (Lipinski definition) is 2. The average molecular weight is 194 g/mol. The highest BCUT2D eigenvalue weighted by Crippen LogP contribution is 2.11. The quantitative estimate of drug-likeness (QED) is 0.658. The molecule has 2 aromatic rings. The molecular weight excluding hydrogens is 188 g/mol. The summed E-state index contributed by atoms with van der Waals surface area (Å²) in [6.07, 6.45) is 3.11. The van der Waals surface area contributed by atoms with Crippen molar-refractivity contribution in [2.45, 2.75) is 6.54 Å². The molecular formula is C6H6N6O2. The fraction of sp³-hybridized carbons (Fsp3) is 0.167. The van der Waals surface area contributed by atoms with Crippen LogP contribution in [-0.2, 0) is 11.3 Å². The third kappa shape index (κ3) is 1.44. The van der Waals surface area contributed by atoms with Gasteiger partial charge in [0.2, 0.25) is 0 Å². The van der Waals surface area contributed by atoms with Crippen molar-refractivity contribution < 1.29 is 9.90 Å². The van der Waals surface area contributed by atoms with Crippen LogP contribution in [0.3, 0.4) is 0 Å². The maximum atomic E-state index is 10.4. The van der Waals surface area contributed by atoms with E-state index in [2.05, 4.69) is 25.7 Å². The van der Waals surface area contributed by atoms with Crippen LogP contribution in [0.1, 0.15) is 0 Å². The van der Waals surface area contributed by atoms with E-state index in [0.29, 0.717) is 11.4 Å². The SMILES string of the molecule is O=C(O)Cn1nnnc1-c1cn[nH]c1. The van der Waals surface area contributed by atoms with Crippen molar-refractivity contribution in [2.24, 2.45) is 0 Å². The van der Waals surface area contributed by atoms with E-state index < -0.39 is 5.97 Å². The molecule has 0 radical (unpaired) electrons. The van der Waals surface area contributed by atoms with Crippen LogP contribution < -0.4 is 0 Å². The summed E-state index contributed by atoms with van der Waals surface area (Å²) in [5.41, 5.74) is 0.649. The van der Waals surface area contributed by atoms with Crippen LogP contribution in [0, 0.1) is 0 Å². The summed E-state index contributed by atoms with van der Waals surface area (Å²) in [6.45, 7) is -0.270. The molecule has 0 spiro atoms. The predicted octanol–water partition coefficient (Wildman–Crippen LogP) is -0.852. The molecule has 2 aromatic heterocycles. The maximum Gasteiger partial charge on any atom is 0.325 e. The minimum Gasteiger partial charge on any atom is -0.480 e. The topological polar surface area (TPSA) is 110 Å². The van der Waals surface area contributed by atoms with Gasteiger partial charge in [-0.1, -0.05) is 0 Å². The summed E-state index contributed by atoms with van der Waals surface area (Å²) < 4.78 is 1.19. The van der Waals surface area contributed by atoms with Gasteiger partial charge in [-0.25, -0.2) is 4.68 Å². The van der Waals surface area contributed by atoms with E-state index in [1.54, 1.807) is 6.20 Å². The van der Waals surface area contributed by atoms with Gasteiger partial charge in [-0.15, -0.1) is 5.10 Å². The van der Waals surface area contributed by atoms with Gasteiger partial charge < -0.3 is 5.11 Å². The number of nitrogens with one attached hydrogen (secondary N) is 1. The van der Waals surface area contributed by atoms with E-state index in [-0.39, 0.29) is 6.54 Å². The highest BCUT2D eigenvalue weighted by atomic mass is 16.4. The van der Waals surface area contributed by atoms with Crippen LogP contribution in [0.4, 0.5) is 0 Å². The van der Waals surface area contributed by atoms with Crippen LogP contribution in [0.15, 0.2) is 12.4 Å². The number of tetrazole rings is 1. The van der Waals surface area contributed by atoms with E-state index in [0.717, 1.165) is 0 Å². The second kappa shape index (κ2) is 3.24. The summed E-state index contributed by atoms with van der Waals surface area (Å²) in [5, 5.41) is 25.5. The molecule has 2 N–H and O–H groups in total. The van der Waals surface area contributed by atoms with E-state index >= 15 is 0 Å². The summed E-state index contributed by atoms with van der Waals surface area (Å²) in [7, 11) is 0. The Morgan fingerprint density at radius 3 is 3.14 bits per heavy atom. The zero-order chi connectivity index (χ0) is 9.97. The molecule has 8 nitrogen and oxygen atoms in total. The fourth-order valence-electron chi connectivity index (χ4n) is 1.02. The van der Waals surface area contributed by atoms with Gasteiger partial charge in [-0.2, -0.15) is 5.10 Å². The van der Waals surface area contributed by atoms with Crippen LogP contribution >= 0.6 is 0 Å². The molecule has 0 saturated heterocycles. The molecule has 0 aromatic carbocycles. The molecule has 0 saturated carbocycles. The second-order valence-corrected chi connectivity index (χ2v) is 2.54. The molecule has 0 atom stereocenters. The lowest BCUT2D eigenvalue weighted by Crippen LogP contribution is -2.11. The lowest BCUT2D eigenvalue weighted by Gasteiger charge is -1.97. The van der Waals surface area contributed by atoms with Gasteiger partial charge in [-0.3, -0.25) is 9.89 Å². The summed E-state index contributed by atoms with van der Waals surface area (Å²) >= 11 is 0. The molecule has 0 bridgehead atoms. The van der Waals surface area contributed by atoms with Crippen molar-refractivity contribution in [1.82, 2.24) is 30.4 Å². The molecule has 72 valence electrons. The Labute approximate surface area is 77.6 Å². The molecule has 0 fully saturated rings. The van der Waals surface area contributed by atoms with Crippen LogP contribution in [0.5, 0.6) is 0 Å². The second-order valence-electron chi connectivity index (χ2n) is 2.54. The zero-order valence-electron chi connectivity index (χ0n) is 6.95. The molecule has 0 unspecified atom stereocenters. The molecule has 0 aliphatic heterocycles. The lowest BCUT2D eigenvalue weighted by molar-refractivity contribution is -0.137. The minimum absolute atomic E-state index is 0.270. The average Bonchev–Trinajstić information content (AvgIpc) is 2.70. The molecule has 0 aliphatic rings. The number of carboxylic acid groups (broad SMARTS) is 1. The predicted molar refractivity (Wildman–Crippen MR) is 43.0 cm³/mol. The Morgan fingerprint density at radius 1 is 1.64 bits per heavy atom. The Kier molecular flexibility index (Phi) is 1.94. The van der Waals surface area contributed by atoms with Crippen molar-refractivity contribution in [3.8, 4) is 11.4 Å². The van der Waals surface area contributed by atoms with Crippen molar-refractivity contribution in [3.63, 3.8) is 0 Å². The Balaban J connectivity index is 2.35. The number of rotatable bonds is 3. The fourth-order valence-corrected chi connectivity index (χ4v) is 1.02. The first kappa shape index (κ1) is 8.35. The molecule has 0 amide bonds. The Hall–Kier alpha value is -2.25. The van der Waals surface area contributed by atoms with Gasteiger partial charge in [0.05, 0.1) is 11.8 Å². The van der Waals surface area contributed by atoms with Crippen LogP contribution in [0.2, 0.25) is 0 Å². The largest absolute Gasteiger partial charge is 0.480 e. The van der Waals surface area contributed by atoms with Crippen LogP contribution in [0.25, 0.3) is 11.4 Å². The first-order valence-electron chi connectivity index (χ1n) is 3.74. The summed E-state index contributed by atoms with van der Waals surface area (Å²) in [6, 6.07) is 0. The van der Waals surface area contributed by atoms with Gasteiger partial charge in [0.15, 0.2) is 5.82 Å². The molecule has 2 rings (SSSR count). The molecule has 0 aliphatic carbocycles. The van der Waals surface area contributed by atoms with E-state index in [9.17, 15) is 4.79 Å². The Morgan fingerprint density at radius 2 is 2.50 bits per heavy atom. The number of H-pyrrole nitrogens is 1. The molecule has 2 heterocycles. The number of aromatic amines is 1. The highest BCUT2D eigenvalue weighted by molar-refractivity contribution is 5.67. The standard InChI is InChI=1S/C6H6N6O2/c13-5(14)3-12-6(9-10-11-12)4-1-7-8-2-4/h1-2H,3H2,(H,7,8)(H,13,14). The van der Waals surface area contributed by atoms with Crippen molar-refractivity contribution >= 4 is 5.97 Å². The van der Waals surface area contributed by atoms with E-state index in [4.69, 9.17) is 5.11 Å². The first-order chi connectivity index (χ1) is 6.77. The number of nitrogens with zero attached hydrogens (tertiary/aromatic N) is 5.